The molecule has 0 N–H and O–H groups in total. The van der Waals surface area contributed by atoms with E-state index in [0.29, 0.717) is 0 Å². The van der Waals surface area contributed by atoms with Gasteiger partial charge in [0.25, 0.3) is 6.71 Å². The standard InChI is InChI=1S/C54H41BN2O2/c1-3-18-40(4-2)56(41-19-8-5-9-20-41)44-33-29-38(30-34-44)46-37-47(39-31-35-45(36-32-39)57(42-21-10-6-11-22-42)43-23-12-7-13-24-43)54-52-53(46)58-50-27-16-14-25-48(50)55(52)49-26-15-17-28-51(49)59-54/h3-37,47,54H,1-2H2/b40-18+. The average Bonchev–Trinajstić information content (AvgIpc) is 3.30. The van der Waals surface area contributed by atoms with Crippen molar-refractivity contribution in [2.75, 3.05) is 9.80 Å². The number of benzene rings is 7. The van der Waals surface area contributed by atoms with Crippen LogP contribution in [0.1, 0.15) is 17.0 Å². The molecule has 5 heteroatoms. The van der Waals surface area contributed by atoms with Gasteiger partial charge in [0.05, 0.1) is 0 Å². The number of hydrogen-bond donors (Lipinski definition) is 0. The van der Waals surface area contributed by atoms with Gasteiger partial charge in [-0.05, 0) is 112 Å². The minimum absolute atomic E-state index is 0.0194. The van der Waals surface area contributed by atoms with Crippen LogP contribution in [0.15, 0.2) is 242 Å². The molecule has 2 unspecified atom stereocenters. The van der Waals surface area contributed by atoms with Crippen molar-refractivity contribution in [1.82, 2.24) is 0 Å². The van der Waals surface area contributed by atoms with E-state index in [1.54, 1.807) is 6.08 Å². The van der Waals surface area contributed by atoms with Crippen LogP contribution in [0.25, 0.3) is 5.57 Å². The fourth-order valence-corrected chi connectivity index (χ4v) is 8.87. The molecule has 59 heavy (non-hydrogen) atoms. The summed E-state index contributed by atoms with van der Waals surface area (Å²) in [7, 11) is 0. The van der Waals surface area contributed by atoms with Crippen LogP contribution in [0.4, 0.5) is 28.4 Å². The van der Waals surface area contributed by atoms with Crippen molar-refractivity contribution in [2.45, 2.75) is 12.0 Å². The van der Waals surface area contributed by atoms with E-state index in [9.17, 15) is 0 Å². The van der Waals surface area contributed by atoms with Gasteiger partial charge in [0.15, 0.2) is 0 Å². The predicted octanol–water partition coefficient (Wildman–Crippen LogP) is 12.0. The number of hydrogen-bond acceptors (Lipinski definition) is 4. The highest BCUT2D eigenvalue weighted by atomic mass is 16.5. The second kappa shape index (κ2) is 15.5. The molecule has 0 bridgehead atoms. The van der Waals surface area contributed by atoms with Crippen molar-refractivity contribution in [2.24, 2.45) is 0 Å². The first-order valence-corrected chi connectivity index (χ1v) is 20.1. The number of ether oxygens (including phenoxy) is 2. The molecule has 0 saturated carbocycles. The molecule has 10 rings (SSSR count). The fourth-order valence-electron chi connectivity index (χ4n) is 8.87. The molecule has 0 amide bonds. The molecular formula is C54H41BN2O2. The lowest BCUT2D eigenvalue weighted by Crippen LogP contribution is -2.57. The van der Waals surface area contributed by atoms with Gasteiger partial charge in [-0.15, -0.1) is 0 Å². The average molecular weight is 761 g/mol. The minimum Gasteiger partial charge on any atom is -0.486 e. The lowest BCUT2D eigenvalue weighted by atomic mass is 9.32. The second-order valence-corrected chi connectivity index (χ2v) is 14.9. The van der Waals surface area contributed by atoms with Crippen molar-refractivity contribution in [3.8, 4) is 11.5 Å². The summed E-state index contributed by atoms with van der Waals surface area (Å²) in [4.78, 5) is 4.49. The van der Waals surface area contributed by atoms with Crippen molar-refractivity contribution >= 4 is 51.6 Å². The first-order chi connectivity index (χ1) is 29.2. The molecule has 2 atom stereocenters. The highest BCUT2D eigenvalue weighted by Gasteiger charge is 2.49. The van der Waals surface area contributed by atoms with Gasteiger partial charge in [-0.3, -0.25) is 0 Å². The topological polar surface area (TPSA) is 24.9 Å². The monoisotopic (exact) mass is 760 g/mol. The summed E-state index contributed by atoms with van der Waals surface area (Å²) in [5.41, 5.74) is 13.0. The van der Waals surface area contributed by atoms with Crippen LogP contribution >= 0.6 is 0 Å². The molecular weight excluding hydrogens is 719 g/mol. The van der Waals surface area contributed by atoms with E-state index in [0.717, 1.165) is 84.5 Å². The molecule has 3 aliphatic rings. The minimum atomic E-state index is -0.278. The highest BCUT2D eigenvalue weighted by molar-refractivity contribution is 6.93. The number of allylic oxidation sites excluding steroid dienone is 4. The van der Waals surface area contributed by atoms with E-state index >= 15 is 0 Å². The van der Waals surface area contributed by atoms with E-state index in [1.165, 1.54) is 0 Å². The van der Waals surface area contributed by atoms with Gasteiger partial charge in [-0.2, -0.15) is 0 Å². The molecule has 1 aliphatic carbocycles. The summed E-state index contributed by atoms with van der Waals surface area (Å²) in [5.74, 6) is 2.55. The van der Waals surface area contributed by atoms with Crippen LogP contribution in [0, 0.1) is 0 Å². The van der Waals surface area contributed by atoms with Gasteiger partial charge in [0.2, 0.25) is 0 Å². The molecule has 0 radical (unpaired) electrons. The zero-order chi connectivity index (χ0) is 39.7. The largest absolute Gasteiger partial charge is 0.486 e. The Labute approximate surface area is 346 Å². The number of anilines is 5. The summed E-state index contributed by atoms with van der Waals surface area (Å²) in [6.07, 6.45) is 7.72. The van der Waals surface area contributed by atoms with Crippen LogP contribution in [-0.4, -0.2) is 12.8 Å². The van der Waals surface area contributed by atoms with Crippen LogP contribution < -0.4 is 30.2 Å². The zero-order valence-electron chi connectivity index (χ0n) is 32.6. The third-order valence-electron chi connectivity index (χ3n) is 11.5. The first kappa shape index (κ1) is 35.9. The third kappa shape index (κ3) is 6.47. The Morgan fingerprint density at radius 2 is 1.05 bits per heavy atom. The van der Waals surface area contributed by atoms with E-state index in [4.69, 9.17) is 9.47 Å². The van der Waals surface area contributed by atoms with Crippen molar-refractivity contribution in [3.63, 3.8) is 0 Å². The number of rotatable bonds is 10. The molecule has 282 valence electrons. The van der Waals surface area contributed by atoms with Crippen LogP contribution in [0.5, 0.6) is 11.5 Å². The Morgan fingerprint density at radius 3 is 1.66 bits per heavy atom. The van der Waals surface area contributed by atoms with E-state index in [-0.39, 0.29) is 18.7 Å². The molecule has 4 nitrogen and oxygen atoms in total. The number of fused-ring (bicyclic) bond motifs is 4. The maximum absolute atomic E-state index is 7.09. The van der Waals surface area contributed by atoms with Crippen molar-refractivity contribution in [3.05, 3.63) is 254 Å². The van der Waals surface area contributed by atoms with E-state index in [2.05, 4.69) is 211 Å². The van der Waals surface area contributed by atoms with Crippen LogP contribution in [0.3, 0.4) is 0 Å². The molecule has 7 aromatic rings. The SMILES string of the molecule is C=C/C=C(\C=C)N(c1ccccc1)c1ccc(C2=CC(c3ccc(N(c4ccccc4)c4ccccc4)cc3)C3Oc4ccccc4B4C3=C2Oc2ccccc24)cc1. The van der Waals surface area contributed by atoms with Gasteiger partial charge >= 0.3 is 0 Å². The predicted molar refractivity (Wildman–Crippen MR) is 245 cm³/mol. The summed E-state index contributed by atoms with van der Waals surface area (Å²) < 4.78 is 14.1. The molecule has 0 aromatic heterocycles. The normalized spacial score (nSPS) is 16.3. The van der Waals surface area contributed by atoms with Gasteiger partial charge in [-0.25, -0.2) is 0 Å². The van der Waals surface area contributed by atoms with Crippen molar-refractivity contribution in [1.29, 1.82) is 0 Å². The summed E-state index contributed by atoms with van der Waals surface area (Å²) in [5, 5.41) is 0. The maximum atomic E-state index is 7.09. The smallest absolute Gasteiger partial charge is 0.255 e. The second-order valence-electron chi connectivity index (χ2n) is 14.9. The van der Waals surface area contributed by atoms with Gasteiger partial charge in [0, 0.05) is 45.6 Å². The summed E-state index contributed by atoms with van der Waals surface area (Å²) >= 11 is 0. The molecule has 2 heterocycles. The lowest BCUT2D eigenvalue weighted by Gasteiger charge is -2.44. The van der Waals surface area contributed by atoms with Crippen LogP contribution in [-0.2, 0) is 0 Å². The van der Waals surface area contributed by atoms with E-state index < -0.39 is 0 Å². The zero-order valence-corrected chi connectivity index (χ0v) is 32.6. The summed E-state index contributed by atoms with van der Waals surface area (Å²) in [6, 6.07) is 66.1. The molecule has 0 spiro atoms. The van der Waals surface area contributed by atoms with Crippen molar-refractivity contribution < 1.29 is 9.47 Å². The number of nitrogens with zero attached hydrogens (tertiary/aromatic N) is 2. The van der Waals surface area contributed by atoms with Gasteiger partial charge in [-0.1, -0.05) is 141 Å². The quantitative estimate of drug-likeness (QED) is 0.102. The molecule has 2 aliphatic heterocycles. The van der Waals surface area contributed by atoms with Gasteiger partial charge in [0.1, 0.15) is 23.4 Å². The Bertz CT molecular complexity index is 2720. The van der Waals surface area contributed by atoms with Gasteiger partial charge < -0.3 is 19.3 Å². The number of para-hydroxylation sites is 5. The van der Waals surface area contributed by atoms with Crippen LogP contribution in [0.2, 0.25) is 0 Å². The lowest BCUT2D eigenvalue weighted by molar-refractivity contribution is 0.217. The summed E-state index contributed by atoms with van der Waals surface area (Å²) in [6.45, 7) is 8.08. The molecule has 0 fully saturated rings. The molecule has 0 saturated heterocycles. The fraction of sp³-hybridized carbons (Fsp3) is 0.0370. The Kier molecular flexibility index (Phi) is 9.40. The Morgan fingerprint density at radius 1 is 0.542 bits per heavy atom. The molecule has 7 aromatic carbocycles. The van der Waals surface area contributed by atoms with E-state index in [1.807, 2.05) is 18.2 Å². The Balaban J connectivity index is 1.11. The maximum Gasteiger partial charge on any atom is 0.255 e. The first-order valence-electron chi connectivity index (χ1n) is 20.1. The Hall–Kier alpha value is -7.50. The highest BCUT2D eigenvalue weighted by Crippen LogP contribution is 2.48. The third-order valence-corrected chi connectivity index (χ3v) is 11.5.